The van der Waals surface area contributed by atoms with Crippen molar-refractivity contribution in [3.05, 3.63) is 22.8 Å². The monoisotopic (exact) mass is 230 g/mol. The third-order valence-electron chi connectivity index (χ3n) is 1.63. The van der Waals surface area contributed by atoms with Gasteiger partial charge in [0.05, 0.1) is 11.1 Å². The maximum absolute atomic E-state index is 10.7. The number of hydrogen-bond acceptors (Lipinski definition) is 4. The molecule has 3 N–H and O–H groups in total. The van der Waals surface area contributed by atoms with E-state index in [1.807, 2.05) is 0 Å². The van der Waals surface area contributed by atoms with Gasteiger partial charge in [-0.2, -0.15) is 0 Å². The lowest BCUT2D eigenvalue weighted by atomic mass is 10.3. The summed E-state index contributed by atoms with van der Waals surface area (Å²) in [5.41, 5.74) is -0.202. The van der Waals surface area contributed by atoms with E-state index < -0.39 is 12.1 Å². The molecule has 0 bridgehead atoms. The predicted octanol–water partition coefficient (Wildman–Crippen LogP) is 1.23. The van der Waals surface area contributed by atoms with Gasteiger partial charge in [0.25, 0.3) is 0 Å². The van der Waals surface area contributed by atoms with Gasteiger partial charge in [-0.1, -0.05) is 11.6 Å². The maximum Gasteiger partial charge on any atom is 0.356 e. The van der Waals surface area contributed by atoms with Crippen molar-refractivity contribution in [1.29, 1.82) is 0 Å². The van der Waals surface area contributed by atoms with E-state index in [9.17, 15) is 4.79 Å². The molecule has 1 aromatic heterocycles. The Bertz CT molecular complexity index is 368. The molecule has 1 aromatic rings. The van der Waals surface area contributed by atoms with E-state index in [2.05, 4.69) is 10.3 Å². The number of rotatable bonds is 4. The Labute approximate surface area is 91.7 Å². The van der Waals surface area contributed by atoms with E-state index >= 15 is 0 Å². The molecule has 0 amide bonds. The zero-order valence-electron chi connectivity index (χ0n) is 8.07. The first kappa shape index (κ1) is 11.7. The Balaban J connectivity index is 2.83. The van der Waals surface area contributed by atoms with Gasteiger partial charge in [0.2, 0.25) is 0 Å². The van der Waals surface area contributed by atoms with Gasteiger partial charge in [-0.05, 0) is 19.1 Å². The fraction of sp³-hybridized carbons (Fsp3) is 0.333. The van der Waals surface area contributed by atoms with Crippen LogP contribution in [0.5, 0.6) is 0 Å². The fourth-order valence-electron chi connectivity index (χ4n) is 0.943. The standard InChI is InChI=1S/C9H11ClN2O3/c1-5(13)4-11-7-3-2-6(10)8(12-7)9(14)15/h2-3,5,13H,4H2,1H3,(H,11,12)(H,14,15). The molecule has 1 heterocycles. The number of carbonyl (C=O) groups is 1. The number of aliphatic hydroxyl groups excluding tert-OH is 1. The summed E-state index contributed by atoms with van der Waals surface area (Å²) in [6.45, 7) is 1.91. The minimum Gasteiger partial charge on any atom is -0.476 e. The number of carboxylic acids is 1. The van der Waals surface area contributed by atoms with Crippen LogP contribution in [0.3, 0.4) is 0 Å². The number of pyridine rings is 1. The highest BCUT2D eigenvalue weighted by Crippen LogP contribution is 2.16. The average Bonchev–Trinajstić information content (AvgIpc) is 2.16. The molecule has 0 aromatic carbocycles. The highest BCUT2D eigenvalue weighted by Gasteiger charge is 2.11. The van der Waals surface area contributed by atoms with E-state index in [1.54, 1.807) is 13.0 Å². The van der Waals surface area contributed by atoms with Crippen LogP contribution in [0.1, 0.15) is 17.4 Å². The normalized spacial score (nSPS) is 12.2. The van der Waals surface area contributed by atoms with Crippen LogP contribution >= 0.6 is 11.6 Å². The Morgan fingerprint density at radius 1 is 1.67 bits per heavy atom. The van der Waals surface area contributed by atoms with E-state index in [0.29, 0.717) is 12.4 Å². The highest BCUT2D eigenvalue weighted by atomic mass is 35.5. The minimum absolute atomic E-state index is 0.0881. The Morgan fingerprint density at radius 2 is 2.33 bits per heavy atom. The number of nitrogens with one attached hydrogen (secondary N) is 1. The Hall–Kier alpha value is -1.33. The summed E-state index contributed by atoms with van der Waals surface area (Å²) in [4.78, 5) is 14.5. The quantitative estimate of drug-likeness (QED) is 0.725. The highest BCUT2D eigenvalue weighted by molar-refractivity contribution is 6.33. The van der Waals surface area contributed by atoms with Crippen molar-refractivity contribution in [2.24, 2.45) is 0 Å². The predicted molar refractivity (Wildman–Crippen MR) is 56.4 cm³/mol. The third kappa shape index (κ3) is 3.38. The molecule has 1 atom stereocenters. The molecule has 15 heavy (non-hydrogen) atoms. The summed E-state index contributed by atoms with van der Waals surface area (Å²) in [5.74, 6) is -0.807. The van der Waals surface area contributed by atoms with Crippen LogP contribution in [-0.4, -0.2) is 33.8 Å². The molecule has 82 valence electrons. The number of carboxylic acid groups (broad SMARTS) is 1. The number of halogens is 1. The number of aromatic carboxylic acids is 1. The zero-order chi connectivity index (χ0) is 11.4. The summed E-state index contributed by atoms with van der Waals surface area (Å²) in [6, 6.07) is 3.00. The number of hydrogen-bond donors (Lipinski definition) is 3. The van der Waals surface area contributed by atoms with Gasteiger partial charge in [0, 0.05) is 6.54 Å². The van der Waals surface area contributed by atoms with Crippen molar-refractivity contribution in [3.63, 3.8) is 0 Å². The van der Waals surface area contributed by atoms with Gasteiger partial charge in [0.1, 0.15) is 5.82 Å². The van der Waals surface area contributed by atoms with Crippen molar-refractivity contribution in [1.82, 2.24) is 4.98 Å². The van der Waals surface area contributed by atoms with Gasteiger partial charge in [0.15, 0.2) is 5.69 Å². The second-order valence-electron chi connectivity index (χ2n) is 3.06. The molecule has 6 heteroatoms. The number of aromatic nitrogens is 1. The molecular formula is C9H11ClN2O3. The summed E-state index contributed by atoms with van der Waals surface area (Å²) >= 11 is 5.63. The Morgan fingerprint density at radius 3 is 2.87 bits per heavy atom. The smallest absolute Gasteiger partial charge is 0.356 e. The molecule has 0 aliphatic carbocycles. The summed E-state index contributed by atoms with van der Waals surface area (Å²) in [6.07, 6.45) is -0.532. The number of aliphatic hydroxyl groups is 1. The zero-order valence-corrected chi connectivity index (χ0v) is 8.82. The van der Waals surface area contributed by atoms with Gasteiger partial charge >= 0.3 is 5.97 Å². The molecule has 0 spiro atoms. The van der Waals surface area contributed by atoms with Crippen molar-refractivity contribution >= 4 is 23.4 Å². The summed E-state index contributed by atoms with van der Waals surface area (Å²) < 4.78 is 0. The van der Waals surface area contributed by atoms with E-state index in [1.165, 1.54) is 6.07 Å². The van der Waals surface area contributed by atoms with Gasteiger partial charge in [-0.25, -0.2) is 9.78 Å². The second kappa shape index (κ2) is 4.95. The summed E-state index contributed by atoms with van der Waals surface area (Å²) in [7, 11) is 0. The van der Waals surface area contributed by atoms with Crippen LogP contribution < -0.4 is 5.32 Å². The third-order valence-corrected chi connectivity index (χ3v) is 1.93. The SMILES string of the molecule is CC(O)CNc1ccc(Cl)c(C(=O)O)n1. The molecule has 0 aliphatic rings. The number of anilines is 1. The van der Waals surface area contributed by atoms with Crippen molar-refractivity contribution in [3.8, 4) is 0 Å². The van der Waals surface area contributed by atoms with Gasteiger partial charge in [-0.15, -0.1) is 0 Å². The Kier molecular flexibility index (Phi) is 3.88. The van der Waals surface area contributed by atoms with Crippen LogP contribution in [0.25, 0.3) is 0 Å². The molecule has 5 nitrogen and oxygen atoms in total. The molecule has 1 rings (SSSR count). The minimum atomic E-state index is -1.18. The second-order valence-corrected chi connectivity index (χ2v) is 3.47. The average molecular weight is 231 g/mol. The van der Waals surface area contributed by atoms with Crippen LogP contribution in [0, 0.1) is 0 Å². The molecule has 0 saturated carbocycles. The number of nitrogens with zero attached hydrogens (tertiary/aromatic N) is 1. The first-order chi connectivity index (χ1) is 7.00. The van der Waals surface area contributed by atoms with Crippen LogP contribution in [0.2, 0.25) is 5.02 Å². The van der Waals surface area contributed by atoms with Crippen LogP contribution in [0.15, 0.2) is 12.1 Å². The van der Waals surface area contributed by atoms with E-state index in [-0.39, 0.29) is 10.7 Å². The van der Waals surface area contributed by atoms with Crippen molar-refractivity contribution in [2.75, 3.05) is 11.9 Å². The molecule has 0 fully saturated rings. The molecule has 0 aliphatic heterocycles. The maximum atomic E-state index is 10.7. The molecular weight excluding hydrogens is 220 g/mol. The van der Waals surface area contributed by atoms with E-state index in [4.69, 9.17) is 21.8 Å². The van der Waals surface area contributed by atoms with Crippen LogP contribution in [-0.2, 0) is 0 Å². The van der Waals surface area contributed by atoms with Crippen molar-refractivity contribution in [2.45, 2.75) is 13.0 Å². The first-order valence-electron chi connectivity index (χ1n) is 4.32. The molecule has 1 unspecified atom stereocenters. The van der Waals surface area contributed by atoms with Gasteiger partial charge < -0.3 is 15.5 Å². The fourth-order valence-corrected chi connectivity index (χ4v) is 1.13. The summed E-state index contributed by atoms with van der Waals surface area (Å²) in [5, 5.41) is 20.6. The lowest BCUT2D eigenvalue weighted by Crippen LogP contribution is -2.16. The lowest BCUT2D eigenvalue weighted by Gasteiger charge is -2.08. The first-order valence-corrected chi connectivity index (χ1v) is 4.70. The van der Waals surface area contributed by atoms with Crippen molar-refractivity contribution < 1.29 is 15.0 Å². The largest absolute Gasteiger partial charge is 0.476 e. The lowest BCUT2D eigenvalue weighted by molar-refractivity contribution is 0.0691. The topological polar surface area (TPSA) is 82.5 Å². The molecule has 0 radical (unpaired) electrons. The molecule has 0 saturated heterocycles. The van der Waals surface area contributed by atoms with Crippen LogP contribution in [0.4, 0.5) is 5.82 Å². The van der Waals surface area contributed by atoms with E-state index in [0.717, 1.165) is 0 Å². The van der Waals surface area contributed by atoms with Gasteiger partial charge in [-0.3, -0.25) is 0 Å².